The molecule has 0 aromatic heterocycles. The zero-order valence-corrected chi connectivity index (χ0v) is 9.35. The summed E-state index contributed by atoms with van der Waals surface area (Å²) in [4.78, 5) is 12.9. The second-order valence-electron chi connectivity index (χ2n) is 4.64. The van der Waals surface area contributed by atoms with Crippen LogP contribution in [0.15, 0.2) is 0 Å². The van der Waals surface area contributed by atoms with E-state index < -0.39 is 5.97 Å². The first-order valence-corrected chi connectivity index (χ1v) is 5.72. The first-order valence-electron chi connectivity index (χ1n) is 5.72. The van der Waals surface area contributed by atoms with Crippen LogP contribution in [0.2, 0.25) is 0 Å². The minimum absolute atomic E-state index is 0.349. The zero-order chi connectivity index (χ0) is 11.0. The summed E-state index contributed by atoms with van der Waals surface area (Å²) in [6.45, 7) is 6.32. The van der Waals surface area contributed by atoms with Gasteiger partial charge in [0.15, 0.2) is 0 Å². The van der Waals surface area contributed by atoms with Crippen LogP contribution in [0.3, 0.4) is 0 Å². The lowest BCUT2D eigenvalue weighted by atomic mass is 9.67. The molecule has 0 unspecified atom stereocenters. The van der Waals surface area contributed by atoms with Crippen molar-refractivity contribution in [3.05, 3.63) is 0 Å². The third kappa shape index (κ3) is 1.88. The monoisotopic (exact) mass is 213 g/mol. The molecule has 4 heteroatoms. The third-order valence-corrected chi connectivity index (χ3v) is 3.74. The van der Waals surface area contributed by atoms with Gasteiger partial charge in [0.25, 0.3) is 0 Å². The molecular formula is C11H19NO3. The number of hydrogen-bond acceptors (Lipinski definition) is 3. The highest BCUT2D eigenvalue weighted by Crippen LogP contribution is 2.42. The van der Waals surface area contributed by atoms with E-state index in [1.54, 1.807) is 6.92 Å². The molecule has 3 fully saturated rings. The van der Waals surface area contributed by atoms with Gasteiger partial charge in [0.05, 0.1) is 6.10 Å². The highest BCUT2D eigenvalue weighted by molar-refractivity contribution is 5.72. The van der Waals surface area contributed by atoms with E-state index >= 15 is 0 Å². The Balaban J connectivity index is 1.89. The molecule has 1 aliphatic carbocycles. The predicted molar refractivity (Wildman–Crippen MR) is 55.7 cm³/mol. The lowest BCUT2D eigenvalue weighted by Crippen LogP contribution is -2.61. The molecule has 1 N–H and O–H groups in total. The highest BCUT2D eigenvalue weighted by Gasteiger charge is 2.48. The Morgan fingerprint density at radius 2 is 2.13 bits per heavy atom. The number of nitrogens with zero attached hydrogens (tertiary/aromatic N) is 1. The lowest BCUT2D eigenvalue weighted by Gasteiger charge is -2.53. The van der Waals surface area contributed by atoms with E-state index in [-0.39, 0.29) is 6.04 Å². The maximum atomic E-state index is 10.9. The molecule has 4 nitrogen and oxygen atoms in total. The molecule has 2 aliphatic heterocycles. The minimum Gasteiger partial charge on any atom is -0.480 e. The van der Waals surface area contributed by atoms with Crippen molar-refractivity contribution in [1.29, 1.82) is 0 Å². The molecule has 15 heavy (non-hydrogen) atoms. The van der Waals surface area contributed by atoms with Crippen LogP contribution < -0.4 is 0 Å². The fourth-order valence-electron chi connectivity index (χ4n) is 2.82. The van der Waals surface area contributed by atoms with Gasteiger partial charge in [-0.15, -0.1) is 0 Å². The number of carbonyl (C=O) groups is 1. The van der Waals surface area contributed by atoms with Gasteiger partial charge in [-0.1, -0.05) is 0 Å². The molecule has 3 rings (SSSR count). The van der Waals surface area contributed by atoms with E-state index in [1.807, 2.05) is 6.92 Å². The molecule has 0 aromatic carbocycles. The fourth-order valence-corrected chi connectivity index (χ4v) is 2.82. The minimum atomic E-state index is -0.718. The van der Waals surface area contributed by atoms with Crippen molar-refractivity contribution in [2.45, 2.75) is 32.4 Å². The van der Waals surface area contributed by atoms with E-state index in [2.05, 4.69) is 4.90 Å². The normalized spacial score (nSPS) is 37.1. The Hall–Kier alpha value is -0.610. The van der Waals surface area contributed by atoms with E-state index in [1.165, 1.54) is 6.42 Å². The van der Waals surface area contributed by atoms with Crippen LogP contribution in [0.4, 0.5) is 0 Å². The van der Waals surface area contributed by atoms with Crippen LogP contribution in [0.25, 0.3) is 0 Å². The molecule has 3 atom stereocenters. The van der Waals surface area contributed by atoms with Crippen LogP contribution in [-0.4, -0.2) is 47.8 Å². The molecule has 2 saturated heterocycles. The maximum absolute atomic E-state index is 10.9. The molecule has 2 bridgehead atoms. The lowest BCUT2D eigenvalue weighted by molar-refractivity contribution is -0.162. The van der Waals surface area contributed by atoms with Crippen molar-refractivity contribution >= 4 is 5.97 Å². The summed E-state index contributed by atoms with van der Waals surface area (Å²) < 4.78 is 5.66. The average molecular weight is 213 g/mol. The third-order valence-electron chi connectivity index (χ3n) is 3.74. The van der Waals surface area contributed by atoms with Crippen LogP contribution in [0.1, 0.15) is 20.3 Å². The SMILES string of the molecule is CCOC1[C@H]2C[C@H]1CN([C@@H](C)C(=O)O)C2. The summed E-state index contributed by atoms with van der Waals surface area (Å²) >= 11 is 0. The molecular weight excluding hydrogens is 194 g/mol. The molecule has 3 aliphatic rings. The van der Waals surface area contributed by atoms with Crippen LogP contribution in [0, 0.1) is 11.8 Å². The topological polar surface area (TPSA) is 49.8 Å². The summed E-state index contributed by atoms with van der Waals surface area (Å²) in [5.41, 5.74) is 0. The largest absolute Gasteiger partial charge is 0.480 e. The van der Waals surface area contributed by atoms with Crippen molar-refractivity contribution in [2.75, 3.05) is 19.7 Å². The van der Waals surface area contributed by atoms with Gasteiger partial charge in [0.1, 0.15) is 6.04 Å². The summed E-state index contributed by atoms with van der Waals surface area (Å²) in [6.07, 6.45) is 1.61. The summed E-state index contributed by atoms with van der Waals surface area (Å²) in [6, 6.07) is -0.349. The Kier molecular flexibility index (Phi) is 2.98. The molecule has 2 heterocycles. The van der Waals surface area contributed by atoms with Crippen molar-refractivity contribution in [2.24, 2.45) is 11.8 Å². The van der Waals surface area contributed by atoms with Gasteiger partial charge >= 0.3 is 5.97 Å². The standard InChI is InChI=1S/C11H19NO3/c1-3-15-10-8-4-9(10)6-12(5-8)7(2)11(13)14/h7-10H,3-6H2,1-2H3,(H,13,14)/t7-,8-,9-/m0/s1. The molecule has 0 aromatic rings. The second kappa shape index (κ2) is 4.10. The molecule has 0 amide bonds. The summed E-state index contributed by atoms with van der Waals surface area (Å²) in [7, 11) is 0. The van der Waals surface area contributed by atoms with Crippen LogP contribution in [-0.2, 0) is 9.53 Å². The molecule has 0 radical (unpaired) electrons. The van der Waals surface area contributed by atoms with E-state index in [0.29, 0.717) is 17.9 Å². The predicted octanol–water partition coefficient (Wildman–Crippen LogP) is 0.816. The van der Waals surface area contributed by atoms with Gasteiger partial charge in [-0.05, 0) is 32.1 Å². The number of piperidine rings is 2. The van der Waals surface area contributed by atoms with Gasteiger partial charge in [-0.2, -0.15) is 0 Å². The highest BCUT2D eigenvalue weighted by atomic mass is 16.5. The maximum Gasteiger partial charge on any atom is 0.320 e. The number of ether oxygens (including phenoxy) is 1. The number of rotatable bonds is 4. The number of carboxylic acids is 1. The van der Waals surface area contributed by atoms with Crippen LogP contribution in [0.5, 0.6) is 0 Å². The van der Waals surface area contributed by atoms with Crippen molar-refractivity contribution in [3.63, 3.8) is 0 Å². The first-order chi connectivity index (χ1) is 7.13. The van der Waals surface area contributed by atoms with E-state index in [9.17, 15) is 4.79 Å². The smallest absolute Gasteiger partial charge is 0.320 e. The Morgan fingerprint density at radius 1 is 1.53 bits per heavy atom. The number of aliphatic carboxylic acids is 1. The van der Waals surface area contributed by atoms with E-state index in [0.717, 1.165) is 19.7 Å². The second-order valence-corrected chi connectivity index (χ2v) is 4.64. The van der Waals surface area contributed by atoms with Gasteiger partial charge < -0.3 is 9.84 Å². The zero-order valence-electron chi connectivity index (χ0n) is 9.35. The summed E-state index contributed by atoms with van der Waals surface area (Å²) in [5, 5.41) is 8.93. The van der Waals surface area contributed by atoms with Gasteiger partial charge in [0, 0.05) is 19.7 Å². The van der Waals surface area contributed by atoms with Crippen molar-refractivity contribution < 1.29 is 14.6 Å². The van der Waals surface area contributed by atoms with E-state index in [4.69, 9.17) is 9.84 Å². The molecule has 0 spiro atoms. The Morgan fingerprint density at radius 3 is 2.60 bits per heavy atom. The average Bonchev–Trinajstić information content (AvgIpc) is 2.24. The van der Waals surface area contributed by atoms with Gasteiger partial charge in [0.2, 0.25) is 0 Å². The summed E-state index contributed by atoms with van der Waals surface area (Å²) in [5.74, 6) is 0.403. The number of hydrogen-bond donors (Lipinski definition) is 1. The molecule has 86 valence electrons. The number of fused-ring (bicyclic) bond motifs is 2. The first kappa shape index (κ1) is 10.9. The van der Waals surface area contributed by atoms with Crippen molar-refractivity contribution in [3.8, 4) is 0 Å². The molecule has 1 saturated carbocycles. The van der Waals surface area contributed by atoms with Gasteiger partial charge in [-0.25, -0.2) is 0 Å². The quantitative estimate of drug-likeness (QED) is 0.751. The Bertz CT molecular complexity index is 244. The fraction of sp³-hybridized carbons (Fsp3) is 0.909. The van der Waals surface area contributed by atoms with Crippen molar-refractivity contribution in [1.82, 2.24) is 4.90 Å². The Labute approximate surface area is 90.2 Å². The van der Waals surface area contributed by atoms with Crippen LogP contribution >= 0.6 is 0 Å². The number of carboxylic acid groups (broad SMARTS) is 1. The van der Waals surface area contributed by atoms with Gasteiger partial charge in [-0.3, -0.25) is 9.69 Å².